The SMILES string of the molecule is N#C/C(=N\Nc1ccc(Cl)c(C(F)(F)F)c1)C(=O)c1noc2ccccc12. The maximum Gasteiger partial charge on any atom is 0.417 e. The second kappa shape index (κ2) is 7.09. The van der Waals surface area contributed by atoms with Gasteiger partial charge >= 0.3 is 6.18 Å². The quantitative estimate of drug-likeness (QED) is 0.395. The molecule has 10 heteroatoms. The number of anilines is 1. The van der Waals surface area contributed by atoms with Gasteiger partial charge in [-0.2, -0.15) is 23.5 Å². The largest absolute Gasteiger partial charge is 0.417 e. The number of para-hydroxylation sites is 1. The summed E-state index contributed by atoms with van der Waals surface area (Å²) in [4.78, 5) is 12.4. The summed E-state index contributed by atoms with van der Waals surface area (Å²) in [6.07, 6.45) is -4.66. The van der Waals surface area contributed by atoms with Gasteiger partial charge in [-0.05, 0) is 30.3 Å². The highest BCUT2D eigenvalue weighted by Gasteiger charge is 2.33. The molecule has 0 atom stereocenters. The molecular formula is C17H8ClF3N4O2. The summed E-state index contributed by atoms with van der Waals surface area (Å²) in [5.41, 5.74) is 0.703. The molecule has 3 aromatic rings. The van der Waals surface area contributed by atoms with E-state index in [-0.39, 0.29) is 11.4 Å². The van der Waals surface area contributed by atoms with Crippen LogP contribution in [0.15, 0.2) is 52.1 Å². The maximum atomic E-state index is 12.9. The monoisotopic (exact) mass is 392 g/mol. The minimum atomic E-state index is -4.66. The third-order valence-electron chi connectivity index (χ3n) is 3.48. The smallest absolute Gasteiger partial charge is 0.356 e. The molecule has 2 aromatic carbocycles. The lowest BCUT2D eigenvalue weighted by Gasteiger charge is -2.10. The first-order valence-corrected chi connectivity index (χ1v) is 7.68. The highest BCUT2D eigenvalue weighted by atomic mass is 35.5. The number of ketones is 1. The Bertz CT molecular complexity index is 1100. The van der Waals surface area contributed by atoms with Crippen LogP contribution in [0.5, 0.6) is 0 Å². The summed E-state index contributed by atoms with van der Waals surface area (Å²) in [6.45, 7) is 0. The highest BCUT2D eigenvalue weighted by molar-refractivity contribution is 6.52. The predicted molar refractivity (Wildman–Crippen MR) is 91.5 cm³/mol. The van der Waals surface area contributed by atoms with E-state index < -0.39 is 28.3 Å². The Labute approximate surface area is 154 Å². The lowest BCUT2D eigenvalue weighted by Crippen LogP contribution is -2.15. The summed E-state index contributed by atoms with van der Waals surface area (Å²) in [7, 11) is 0. The molecule has 1 N–H and O–H groups in total. The van der Waals surface area contributed by atoms with E-state index >= 15 is 0 Å². The van der Waals surface area contributed by atoms with Crippen LogP contribution in [0.3, 0.4) is 0 Å². The molecule has 0 spiro atoms. The number of nitriles is 1. The molecule has 0 aliphatic heterocycles. The molecule has 3 rings (SSSR count). The van der Waals surface area contributed by atoms with Gasteiger partial charge in [-0.3, -0.25) is 10.2 Å². The van der Waals surface area contributed by atoms with Crippen molar-refractivity contribution in [2.24, 2.45) is 5.10 Å². The number of alkyl halides is 3. The summed E-state index contributed by atoms with van der Waals surface area (Å²) in [6, 6.07) is 11.1. The normalized spacial score (nSPS) is 12.0. The number of hydrazone groups is 1. The summed E-state index contributed by atoms with van der Waals surface area (Å²) >= 11 is 5.54. The van der Waals surface area contributed by atoms with Crippen molar-refractivity contribution in [1.82, 2.24) is 5.16 Å². The molecule has 1 aromatic heterocycles. The van der Waals surface area contributed by atoms with Crippen molar-refractivity contribution in [2.45, 2.75) is 6.18 Å². The van der Waals surface area contributed by atoms with Crippen LogP contribution in [0.2, 0.25) is 5.02 Å². The fourth-order valence-electron chi connectivity index (χ4n) is 2.22. The third-order valence-corrected chi connectivity index (χ3v) is 3.81. The van der Waals surface area contributed by atoms with Gasteiger partial charge in [-0.15, -0.1) is 0 Å². The van der Waals surface area contributed by atoms with Crippen LogP contribution in [0, 0.1) is 11.3 Å². The van der Waals surface area contributed by atoms with Crippen molar-refractivity contribution in [2.75, 3.05) is 5.43 Å². The zero-order chi connectivity index (χ0) is 19.6. The Morgan fingerprint density at radius 1 is 1.26 bits per heavy atom. The van der Waals surface area contributed by atoms with Gasteiger partial charge in [0.25, 0.3) is 0 Å². The standard InChI is InChI=1S/C17H8ClF3N4O2/c18-12-6-5-9(7-11(12)17(19,20)21)23-24-13(8-22)16(26)15-10-3-1-2-4-14(10)27-25-15/h1-7,23H/b24-13+. The Balaban J connectivity index is 1.89. The van der Waals surface area contributed by atoms with Crippen molar-refractivity contribution < 1.29 is 22.5 Å². The average molecular weight is 393 g/mol. The number of Topliss-reactive ketones (excluding diaryl/α,β-unsaturated/α-hetero) is 1. The molecule has 136 valence electrons. The number of carbonyl (C=O) groups excluding carboxylic acids is 1. The van der Waals surface area contributed by atoms with Gasteiger partial charge < -0.3 is 4.52 Å². The molecular weight excluding hydrogens is 385 g/mol. The van der Waals surface area contributed by atoms with E-state index in [1.54, 1.807) is 30.3 Å². The number of hydrogen-bond acceptors (Lipinski definition) is 6. The van der Waals surface area contributed by atoms with E-state index in [0.29, 0.717) is 11.0 Å². The molecule has 0 saturated heterocycles. The van der Waals surface area contributed by atoms with E-state index in [4.69, 9.17) is 16.1 Å². The first kappa shape index (κ1) is 18.4. The minimum absolute atomic E-state index is 0.0997. The predicted octanol–water partition coefficient (Wildman–Crippen LogP) is 4.67. The number of nitrogens with zero attached hydrogens (tertiary/aromatic N) is 3. The van der Waals surface area contributed by atoms with Crippen molar-refractivity contribution in [3.8, 4) is 6.07 Å². The average Bonchev–Trinajstić information content (AvgIpc) is 3.06. The zero-order valence-electron chi connectivity index (χ0n) is 13.2. The van der Waals surface area contributed by atoms with Crippen molar-refractivity contribution >= 4 is 39.8 Å². The van der Waals surface area contributed by atoms with Crippen LogP contribution in [0.4, 0.5) is 18.9 Å². The van der Waals surface area contributed by atoms with Gasteiger partial charge in [0.15, 0.2) is 11.3 Å². The van der Waals surface area contributed by atoms with Gasteiger partial charge in [0.05, 0.1) is 21.7 Å². The van der Waals surface area contributed by atoms with E-state index in [0.717, 1.165) is 12.1 Å². The Morgan fingerprint density at radius 3 is 2.70 bits per heavy atom. The van der Waals surface area contributed by atoms with Crippen molar-refractivity contribution in [3.05, 3.63) is 58.7 Å². The van der Waals surface area contributed by atoms with Gasteiger partial charge in [0.2, 0.25) is 11.5 Å². The van der Waals surface area contributed by atoms with Crippen LogP contribution in [-0.2, 0) is 6.18 Å². The molecule has 0 bridgehead atoms. The van der Waals surface area contributed by atoms with Crippen molar-refractivity contribution in [3.63, 3.8) is 0 Å². The number of benzene rings is 2. The number of rotatable bonds is 4. The second-order valence-electron chi connectivity index (χ2n) is 5.23. The van der Waals surface area contributed by atoms with E-state index in [9.17, 15) is 23.2 Å². The first-order valence-electron chi connectivity index (χ1n) is 7.31. The molecule has 0 saturated carbocycles. The highest BCUT2D eigenvalue weighted by Crippen LogP contribution is 2.36. The number of fused-ring (bicyclic) bond motifs is 1. The van der Waals surface area contributed by atoms with Crippen LogP contribution in [0.1, 0.15) is 16.1 Å². The lowest BCUT2D eigenvalue weighted by molar-refractivity contribution is -0.137. The number of nitrogens with one attached hydrogen (secondary N) is 1. The fourth-order valence-corrected chi connectivity index (χ4v) is 2.45. The molecule has 0 aliphatic carbocycles. The number of hydrogen-bond donors (Lipinski definition) is 1. The Morgan fingerprint density at radius 2 is 2.00 bits per heavy atom. The van der Waals surface area contributed by atoms with Crippen LogP contribution in [0.25, 0.3) is 11.0 Å². The van der Waals surface area contributed by atoms with Gasteiger partial charge in [0, 0.05) is 0 Å². The lowest BCUT2D eigenvalue weighted by atomic mass is 10.1. The van der Waals surface area contributed by atoms with Gasteiger partial charge in [0.1, 0.15) is 6.07 Å². The molecule has 27 heavy (non-hydrogen) atoms. The van der Waals surface area contributed by atoms with Crippen LogP contribution in [-0.4, -0.2) is 16.7 Å². The molecule has 0 amide bonds. The van der Waals surface area contributed by atoms with Crippen molar-refractivity contribution in [1.29, 1.82) is 5.26 Å². The first-order chi connectivity index (χ1) is 12.8. The summed E-state index contributed by atoms with van der Waals surface area (Å²) in [5, 5.41) is 16.3. The van der Waals surface area contributed by atoms with Gasteiger partial charge in [-0.25, -0.2) is 0 Å². The number of halogens is 4. The van der Waals surface area contributed by atoms with Crippen LogP contribution < -0.4 is 5.43 Å². The molecule has 1 heterocycles. The molecule has 0 radical (unpaired) electrons. The fraction of sp³-hybridized carbons (Fsp3) is 0.0588. The van der Waals surface area contributed by atoms with Crippen LogP contribution >= 0.6 is 11.6 Å². The zero-order valence-corrected chi connectivity index (χ0v) is 14.0. The topological polar surface area (TPSA) is 91.3 Å². The van der Waals surface area contributed by atoms with E-state index in [1.807, 2.05) is 0 Å². The maximum absolute atomic E-state index is 12.9. The van der Waals surface area contributed by atoms with E-state index in [2.05, 4.69) is 15.7 Å². The Hall–Kier alpha value is -3.38. The third kappa shape index (κ3) is 3.75. The molecule has 0 fully saturated rings. The molecule has 0 aliphatic rings. The van der Waals surface area contributed by atoms with E-state index in [1.165, 1.54) is 6.07 Å². The summed E-state index contributed by atoms with van der Waals surface area (Å²) in [5.74, 6) is -0.833. The number of carbonyl (C=O) groups is 1. The molecule has 6 nitrogen and oxygen atoms in total. The molecule has 0 unspecified atom stereocenters. The Kier molecular flexibility index (Phi) is 4.83. The minimum Gasteiger partial charge on any atom is -0.356 e. The van der Waals surface area contributed by atoms with Gasteiger partial charge in [-0.1, -0.05) is 28.9 Å². The number of aromatic nitrogens is 1. The summed E-state index contributed by atoms with van der Waals surface area (Å²) < 4.78 is 43.6. The second-order valence-corrected chi connectivity index (χ2v) is 5.64.